The van der Waals surface area contributed by atoms with Gasteiger partial charge < -0.3 is 9.32 Å². The first-order valence-electron chi connectivity index (χ1n) is 5.70. The smallest absolute Gasteiger partial charge is 0.258 e. The molecule has 1 aliphatic rings. The molecule has 0 saturated carbocycles. The molecule has 0 aromatic carbocycles. The van der Waals surface area contributed by atoms with Crippen LogP contribution in [0.3, 0.4) is 0 Å². The lowest BCUT2D eigenvalue weighted by Gasteiger charge is -2.31. The van der Waals surface area contributed by atoms with Crippen LogP contribution >= 0.6 is 0 Å². The van der Waals surface area contributed by atoms with Crippen molar-refractivity contribution in [3.63, 3.8) is 0 Å². The minimum atomic E-state index is -0.119. The summed E-state index contributed by atoms with van der Waals surface area (Å²) in [5.74, 6) is 0.560. The highest BCUT2D eigenvalue weighted by molar-refractivity contribution is 5.90. The molecule has 2 rings (SSSR count). The number of nitrogens with zero attached hydrogens (tertiary/aromatic N) is 2. The van der Waals surface area contributed by atoms with E-state index in [-0.39, 0.29) is 5.91 Å². The average molecular weight is 235 g/mol. The Balaban J connectivity index is 1.77. The first-order chi connectivity index (χ1) is 8.24. The second-order valence-corrected chi connectivity index (χ2v) is 4.12. The minimum absolute atomic E-state index is 0.119. The molecular weight excluding hydrogens is 218 g/mol. The van der Waals surface area contributed by atoms with E-state index >= 15 is 0 Å². The van der Waals surface area contributed by atoms with E-state index in [9.17, 15) is 4.79 Å². The number of hydrogen-bond donors (Lipinski definition) is 1. The summed E-state index contributed by atoms with van der Waals surface area (Å²) in [4.78, 5) is 13.8. The predicted octanol–water partition coefficient (Wildman–Crippen LogP) is 0.571. The largest absolute Gasteiger partial charge is 0.465 e. The zero-order chi connectivity index (χ0) is 12.1. The predicted molar refractivity (Wildman–Crippen MR) is 65.0 cm³/mol. The van der Waals surface area contributed by atoms with Gasteiger partial charge in [-0.1, -0.05) is 0 Å². The monoisotopic (exact) mass is 235 g/mol. The first kappa shape index (κ1) is 11.9. The van der Waals surface area contributed by atoms with Crippen LogP contribution in [0.15, 0.2) is 28.9 Å². The number of rotatable bonds is 3. The van der Waals surface area contributed by atoms with Crippen molar-refractivity contribution >= 4 is 12.0 Å². The molecule has 1 aromatic rings. The number of carbonyl (C=O) groups excluding carboxylic acids is 1. The number of amides is 1. The molecule has 1 aromatic heterocycles. The fraction of sp³-hybridized carbons (Fsp3) is 0.417. The minimum Gasteiger partial charge on any atom is -0.465 e. The van der Waals surface area contributed by atoms with Gasteiger partial charge in [-0.3, -0.25) is 10.2 Å². The van der Waals surface area contributed by atoms with E-state index in [1.165, 1.54) is 6.08 Å². The molecule has 1 amide bonds. The van der Waals surface area contributed by atoms with Gasteiger partial charge in [0.1, 0.15) is 5.76 Å². The summed E-state index contributed by atoms with van der Waals surface area (Å²) in [6.45, 7) is 3.66. The third-order valence-corrected chi connectivity index (χ3v) is 2.71. The molecule has 1 saturated heterocycles. The van der Waals surface area contributed by atoms with Crippen molar-refractivity contribution in [1.29, 1.82) is 0 Å². The van der Waals surface area contributed by atoms with Crippen LogP contribution in [-0.4, -0.2) is 49.0 Å². The normalized spacial score (nSPS) is 18.6. The van der Waals surface area contributed by atoms with Gasteiger partial charge in [-0.25, -0.2) is 5.01 Å². The summed E-state index contributed by atoms with van der Waals surface area (Å²) in [5.41, 5.74) is 2.84. The Hall–Kier alpha value is -1.59. The van der Waals surface area contributed by atoms with Gasteiger partial charge in [-0.05, 0) is 25.3 Å². The van der Waals surface area contributed by atoms with Crippen LogP contribution in [0.4, 0.5) is 0 Å². The zero-order valence-electron chi connectivity index (χ0n) is 9.93. The molecule has 0 atom stereocenters. The second-order valence-electron chi connectivity index (χ2n) is 4.12. The van der Waals surface area contributed by atoms with Crippen molar-refractivity contribution in [3.8, 4) is 0 Å². The van der Waals surface area contributed by atoms with Gasteiger partial charge in [0, 0.05) is 32.3 Å². The van der Waals surface area contributed by atoms with Crippen molar-refractivity contribution in [3.05, 3.63) is 30.2 Å². The maximum Gasteiger partial charge on any atom is 0.258 e. The molecule has 1 fully saturated rings. The molecule has 0 unspecified atom stereocenters. The van der Waals surface area contributed by atoms with E-state index in [1.54, 1.807) is 24.5 Å². The molecule has 2 heterocycles. The van der Waals surface area contributed by atoms with Crippen LogP contribution in [0, 0.1) is 0 Å². The number of carbonyl (C=O) groups is 1. The Kier molecular flexibility index (Phi) is 3.95. The van der Waals surface area contributed by atoms with Crippen LogP contribution < -0.4 is 5.43 Å². The van der Waals surface area contributed by atoms with Gasteiger partial charge in [0.05, 0.1) is 6.26 Å². The number of hydrogen-bond acceptors (Lipinski definition) is 4. The lowest BCUT2D eigenvalue weighted by Crippen LogP contribution is -2.52. The Labute approximate surface area is 101 Å². The molecule has 0 radical (unpaired) electrons. The quantitative estimate of drug-likeness (QED) is 0.778. The summed E-state index contributed by atoms with van der Waals surface area (Å²) in [7, 11) is 2.08. The summed E-state index contributed by atoms with van der Waals surface area (Å²) >= 11 is 0. The van der Waals surface area contributed by atoms with Gasteiger partial charge in [0.2, 0.25) is 0 Å². The second kappa shape index (κ2) is 5.65. The van der Waals surface area contributed by atoms with Crippen LogP contribution in [0.1, 0.15) is 5.76 Å². The third kappa shape index (κ3) is 3.72. The summed E-state index contributed by atoms with van der Waals surface area (Å²) in [6.07, 6.45) is 4.72. The van der Waals surface area contributed by atoms with Crippen molar-refractivity contribution in [2.24, 2.45) is 0 Å². The van der Waals surface area contributed by atoms with E-state index in [0.29, 0.717) is 5.76 Å². The maximum absolute atomic E-state index is 11.6. The maximum atomic E-state index is 11.6. The topological polar surface area (TPSA) is 48.7 Å². The fourth-order valence-electron chi connectivity index (χ4n) is 1.66. The molecule has 0 spiro atoms. The van der Waals surface area contributed by atoms with Crippen LogP contribution in [0.25, 0.3) is 6.08 Å². The molecule has 0 aliphatic carbocycles. The first-order valence-corrected chi connectivity index (χ1v) is 5.70. The Morgan fingerprint density at radius 1 is 1.41 bits per heavy atom. The lowest BCUT2D eigenvalue weighted by molar-refractivity contribution is -0.121. The summed E-state index contributed by atoms with van der Waals surface area (Å²) in [6, 6.07) is 3.59. The molecule has 5 nitrogen and oxygen atoms in total. The molecule has 1 N–H and O–H groups in total. The highest BCUT2D eigenvalue weighted by atomic mass is 16.3. The molecule has 17 heavy (non-hydrogen) atoms. The van der Waals surface area contributed by atoms with Gasteiger partial charge >= 0.3 is 0 Å². The molecule has 5 heteroatoms. The van der Waals surface area contributed by atoms with Gasteiger partial charge in [0.25, 0.3) is 5.91 Å². The zero-order valence-corrected chi connectivity index (χ0v) is 9.93. The van der Waals surface area contributed by atoms with Crippen molar-refractivity contribution < 1.29 is 9.21 Å². The number of piperazine rings is 1. The highest BCUT2D eigenvalue weighted by Gasteiger charge is 2.14. The number of nitrogens with one attached hydrogen (secondary N) is 1. The van der Waals surface area contributed by atoms with Crippen molar-refractivity contribution in [1.82, 2.24) is 15.3 Å². The number of likely N-dealkylation sites (N-methyl/N-ethyl adjacent to an activating group) is 1. The third-order valence-electron chi connectivity index (χ3n) is 2.71. The van der Waals surface area contributed by atoms with E-state index in [0.717, 1.165) is 26.2 Å². The molecular formula is C12H17N3O2. The van der Waals surface area contributed by atoms with Gasteiger partial charge in [-0.15, -0.1) is 0 Å². The van der Waals surface area contributed by atoms with E-state index in [4.69, 9.17) is 4.42 Å². The van der Waals surface area contributed by atoms with Gasteiger partial charge in [0.15, 0.2) is 0 Å². The van der Waals surface area contributed by atoms with Crippen molar-refractivity contribution in [2.75, 3.05) is 33.2 Å². The van der Waals surface area contributed by atoms with E-state index < -0.39 is 0 Å². The number of furan rings is 1. The molecule has 92 valence electrons. The summed E-state index contributed by atoms with van der Waals surface area (Å²) in [5, 5.41) is 1.94. The average Bonchev–Trinajstić information content (AvgIpc) is 2.83. The lowest BCUT2D eigenvalue weighted by atomic mass is 10.4. The van der Waals surface area contributed by atoms with Crippen LogP contribution in [0.2, 0.25) is 0 Å². The van der Waals surface area contributed by atoms with Crippen molar-refractivity contribution in [2.45, 2.75) is 0 Å². The highest BCUT2D eigenvalue weighted by Crippen LogP contribution is 2.02. The standard InChI is InChI=1S/C12H17N3O2/c1-14-6-8-15(9-7-14)13-12(16)5-4-11-3-2-10-17-11/h2-5,10H,6-9H2,1H3,(H,13,16). The van der Waals surface area contributed by atoms with E-state index in [2.05, 4.69) is 17.4 Å². The fourth-order valence-corrected chi connectivity index (χ4v) is 1.66. The molecule has 1 aliphatic heterocycles. The van der Waals surface area contributed by atoms with E-state index in [1.807, 2.05) is 5.01 Å². The Morgan fingerprint density at radius 3 is 2.82 bits per heavy atom. The number of hydrazine groups is 1. The van der Waals surface area contributed by atoms with Crippen LogP contribution in [-0.2, 0) is 4.79 Å². The Morgan fingerprint density at radius 2 is 2.18 bits per heavy atom. The van der Waals surface area contributed by atoms with Gasteiger partial charge in [-0.2, -0.15) is 0 Å². The van der Waals surface area contributed by atoms with Crippen LogP contribution in [0.5, 0.6) is 0 Å². The SMILES string of the molecule is CN1CCN(NC(=O)C=Cc2ccco2)CC1. The summed E-state index contributed by atoms with van der Waals surface area (Å²) < 4.78 is 5.10. The molecule has 0 bridgehead atoms. The Bertz CT molecular complexity index is 378.